The lowest BCUT2D eigenvalue weighted by molar-refractivity contribution is -0.124. The first kappa shape index (κ1) is 24.3. The van der Waals surface area contributed by atoms with Gasteiger partial charge in [-0.1, -0.05) is 12.0 Å². The van der Waals surface area contributed by atoms with Crippen molar-refractivity contribution in [2.45, 2.75) is 30.7 Å². The number of anilines is 1. The van der Waals surface area contributed by atoms with Gasteiger partial charge in [-0.15, -0.1) is 6.42 Å². The van der Waals surface area contributed by atoms with Crippen LogP contribution in [0, 0.1) is 12.3 Å². The number of sulfonamides is 1. The van der Waals surface area contributed by atoms with Gasteiger partial charge in [0.25, 0.3) is 0 Å². The number of carbonyl (C=O) groups excluding carboxylic acids is 2. The van der Waals surface area contributed by atoms with Crippen LogP contribution in [0.5, 0.6) is 0 Å². The number of oxazole rings is 1. The van der Waals surface area contributed by atoms with Gasteiger partial charge < -0.3 is 15.1 Å². The van der Waals surface area contributed by atoms with Crippen LogP contribution in [0.2, 0.25) is 0 Å². The molecule has 1 fully saturated rings. The fourth-order valence-electron chi connectivity index (χ4n) is 3.87. The summed E-state index contributed by atoms with van der Waals surface area (Å²) in [6.07, 6.45) is 6.89. The van der Waals surface area contributed by atoms with Crippen molar-refractivity contribution in [3.05, 3.63) is 58.6 Å². The maximum atomic E-state index is 12.8. The summed E-state index contributed by atoms with van der Waals surface area (Å²) in [5, 5.41) is 5.14. The van der Waals surface area contributed by atoms with E-state index in [1.165, 1.54) is 27.1 Å². The molecular weight excluding hydrogens is 472 g/mol. The Balaban J connectivity index is 1.35. The molecule has 35 heavy (non-hydrogen) atoms. The minimum atomic E-state index is -3.65. The molecule has 0 radical (unpaired) electrons. The Labute approximate surface area is 202 Å². The SMILES string of the molecule is C#Cc1cccc(NC(=O)CNC(=O)CCn2c(=O)oc3cc(S(=O)(=O)N4CCCC4)ccc32)c1. The Hall–Kier alpha value is -3.88. The second-order valence-corrected chi connectivity index (χ2v) is 10.00. The van der Waals surface area contributed by atoms with E-state index in [1.807, 2.05) is 0 Å². The van der Waals surface area contributed by atoms with Gasteiger partial charge in [-0.3, -0.25) is 14.2 Å². The lowest BCUT2D eigenvalue weighted by Gasteiger charge is -2.15. The lowest BCUT2D eigenvalue weighted by atomic mass is 10.2. The van der Waals surface area contributed by atoms with Crippen molar-refractivity contribution >= 4 is 38.6 Å². The highest BCUT2D eigenvalue weighted by molar-refractivity contribution is 7.89. The number of rotatable bonds is 8. The maximum Gasteiger partial charge on any atom is 0.419 e. The third-order valence-electron chi connectivity index (χ3n) is 5.66. The van der Waals surface area contributed by atoms with E-state index >= 15 is 0 Å². The van der Waals surface area contributed by atoms with Crippen LogP contribution in [-0.2, 0) is 26.2 Å². The largest absolute Gasteiger partial charge is 0.419 e. The smallest absolute Gasteiger partial charge is 0.408 e. The summed E-state index contributed by atoms with van der Waals surface area (Å²) in [5.74, 6) is 0.910. The molecule has 0 saturated carbocycles. The van der Waals surface area contributed by atoms with Crippen LogP contribution in [-0.4, -0.2) is 48.7 Å². The van der Waals surface area contributed by atoms with E-state index in [0.717, 1.165) is 12.8 Å². The highest BCUT2D eigenvalue weighted by Gasteiger charge is 2.28. The average Bonchev–Trinajstić information content (AvgIpc) is 3.49. The molecule has 0 unspecified atom stereocenters. The number of fused-ring (bicyclic) bond motifs is 1. The van der Waals surface area contributed by atoms with Gasteiger partial charge in [0.05, 0.1) is 17.0 Å². The molecule has 2 amide bonds. The maximum absolute atomic E-state index is 12.8. The van der Waals surface area contributed by atoms with Crippen LogP contribution in [0.15, 0.2) is 56.6 Å². The molecule has 1 aliphatic rings. The molecule has 2 N–H and O–H groups in total. The van der Waals surface area contributed by atoms with Crippen molar-refractivity contribution in [1.29, 1.82) is 0 Å². The Morgan fingerprint density at radius 3 is 2.60 bits per heavy atom. The summed E-state index contributed by atoms with van der Waals surface area (Å²) >= 11 is 0. The van der Waals surface area contributed by atoms with Gasteiger partial charge in [-0.25, -0.2) is 13.2 Å². The molecule has 3 aromatic rings. The van der Waals surface area contributed by atoms with E-state index in [0.29, 0.717) is 29.9 Å². The minimum Gasteiger partial charge on any atom is -0.408 e. The normalized spacial score (nSPS) is 14.0. The molecule has 11 heteroatoms. The molecule has 2 aromatic carbocycles. The molecular formula is C24H24N4O6S. The zero-order chi connectivity index (χ0) is 25.0. The zero-order valence-electron chi connectivity index (χ0n) is 18.8. The van der Waals surface area contributed by atoms with Crippen molar-refractivity contribution in [1.82, 2.24) is 14.2 Å². The van der Waals surface area contributed by atoms with E-state index in [1.54, 1.807) is 24.3 Å². The molecule has 1 aliphatic heterocycles. The third-order valence-corrected chi connectivity index (χ3v) is 7.56. The Morgan fingerprint density at radius 2 is 1.86 bits per heavy atom. The molecule has 1 aromatic heterocycles. The fourth-order valence-corrected chi connectivity index (χ4v) is 5.40. The lowest BCUT2D eigenvalue weighted by Crippen LogP contribution is -2.33. The van der Waals surface area contributed by atoms with Gasteiger partial charge >= 0.3 is 5.76 Å². The first-order chi connectivity index (χ1) is 16.8. The number of aromatic nitrogens is 1. The topological polar surface area (TPSA) is 131 Å². The number of amides is 2. The first-order valence-electron chi connectivity index (χ1n) is 11.0. The second kappa shape index (κ2) is 10.2. The van der Waals surface area contributed by atoms with Crippen molar-refractivity contribution in [2.75, 3.05) is 25.0 Å². The van der Waals surface area contributed by atoms with E-state index in [-0.39, 0.29) is 30.0 Å². The predicted octanol–water partition coefficient (Wildman–Crippen LogP) is 1.51. The summed E-state index contributed by atoms with van der Waals surface area (Å²) in [4.78, 5) is 36.7. The predicted molar refractivity (Wildman–Crippen MR) is 129 cm³/mol. The zero-order valence-corrected chi connectivity index (χ0v) is 19.6. The summed E-state index contributed by atoms with van der Waals surface area (Å²) < 4.78 is 33.4. The molecule has 0 aliphatic carbocycles. The van der Waals surface area contributed by atoms with Gasteiger partial charge in [-0.2, -0.15) is 4.31 Å². The molecule has 4 rings (SSSR count). The fraction of sp³-hybridized carbons (Fsp3) is 0.292. The van der Waals surface area contributed by atoms with Gasteiger partial charge in [0.15, 0.2) is 5.58 Å². The number of terminal acetylenes is 1. The number of hydrogen-bond acceptors (Lipinski definition) is 6. The standard InChI is InChI=1S/C24H24N4O6S/c1-2-17-6-5-7-18(14-17)26-23(30)16-25-22(29)10-13-28-20-9-8-19(15-21(20)34-24(28)31)35(32,33)27-11-3-4-12-27/h1,5-9,14-15H,3-4,10-13,16H2,(H,25,29)(H,26,30). The van der Waals surface area contributed by atoms with Crippen LogP contribution in [0.3, 0.4) is 0 Å². The molecule has 0 atom stereocenters. The third kappa shape index (κ3) is 5.45. The number of aryl methyl sites for hydroxylation is 1. The molecule has 10 nitrogen and oxygen atoms in total. The highest BCUT2D eigenvalue weighted by Crippen LogP contribution is 2.24. The first-order valence-corrected chi connectivity index (χ1v) is 12.5. The van der Waals surface area contributed by atoms with Crippen molar-refractivity contribution in [2.24, 2.45) is 0 Å². The average molecular weight is 497 g/mol. The van der Waals surface area contributed by atoms with Gasteiger partial charge in [0.2, 0.25) is 21.8 Å². The van der Waals surface area contributed by atoms with Gasteiger partial charge in [0, 0.05) is 43.4 Å². The Kier molecular flexibility index (Phi) is 7.04. The number of carbonyl (C=O) groups is 2. The van der Waals surface area contributed by atoms with Crippen molar-refractivity contribution in [3.63, 3.8) is 0 Å². The number of hydrogen-bond donors (Lipinski definition) is 2. The molecule has 2 heterocycles. The Bertz CT molecular complexity index is 1480. The molecule has 0 spiro atoms. The number of nitrogens with zero attached hydrogens (tertiary/aromatic N) is 2. The summed E-state index contributed by atoms with van der Waals surface area (Å²) in [6.45, 7) is 0.686. The van der Waals surface area contributed by atoms with Crippen LogP contribution < -0.4 is 16.4 Å². The van der Waals surface area contributed by atoms with Crippen LogP contribution in [0.4, 0.5) is 5.69 Å². The van der Waals surface area contributed by atoms with Crippen LogP contribution in [0.25, 0.3) is 11.1 Å². The second-order valence-electron chi connectivity index (χ2n) is 8.06. The molecule has 1 saturated heterocycles. The quantitative estimate of drug-likeness (QED) is 0.455. The number of benzene rings is 2. The van der Waals surface area contributed by atoms with Crippen molar-refractivity contribution in [3.8, 4) is 12.3 Å². The molecule has 182 valence electrons. The van der Waals surface area contributed by atoms with Gasteiger partial charge in [-0.05, 0) is 43.2 Å². The summed E-state index contributed by atoms with van der Waals surface area (Å²) in [6, 6.07) is 11.0. The highest BCUT2D eigenvalue weighted by atomic mass is 32.2. The number of nitrogens with one attached hydrogen (secondary N) is 2. The summed E-state index contributed by atoms with van der Waals surface area (Å²) in [5.41, 5.74) is 1.64. The van der Waals surface area contributed by atoms with E-state index < -0.39 is 27.6 Å². The van der Waals surface area contributed by atoms with Crippen molar-refractivity contribution < 1.29 is 22.4 Å². The Morgan fingerprint density at radius 1 is 1.09 bits per heavy atom. The van der Waals surface area contributed by atoms with E-state index in [9.17, 15) is 22.8 Å². The minimum absolute atomic E-state index is 0.00171. The van der Waals surface area contributed by atoms with Crippen LogP contribution >= 0.6 is 0 Å². The molecule has 0 bridgehead atoms. The van der Waals surface area contributed by atoms with Crippen LogP contribution in [0.1, 0.15) is 24.8 Å². The summed E-state index contributed by atoms with van der Waals surface area (Å²) in [7, 11) is -3.65. The van der Waals surface area contributed by atoms with E-state index in [4.69, 9.17) is 10.8 Å². The van der Waals surface area contributed by atoms with Gasteiger partial charge in [0.1, 0.15) is 0 Å². The monoisotopic (exact) mass is 496 g/mol. The van der Waals surface area contributed by atoms with E-state index in [2.05, 4.69) is 16.6 Å².